The molecule has 1 aromatic carbocycles. The van der Waals surface area contributed by atoms with E-state index in [0.29, 0.717) is 21.4 Å². The van der Waals surface area contributed by atoms with Gasteiger partial charge in [-0.05, 0) is 32.0 Å². The molecule has 20 heavy (non-hydrogen) atoms. The summed E-state index contributed by atoms with van der Waals surface area (Å²) in [7, 11) is 0. The van der Waals surface area contributed by atoms with E-state index < -0.39 is 5.60 Å². The van der Waals surface area contributed by atoms with Gasteiger partial charge in [-0.1, -0.05) is 23.2 Å². The second kappa shape index (κ2) is 5.77. The minimum atomic E-state index is -1.08. The van der Waals surface area contributed by atoms with Crippen molar-refractivity contribution >= 4 is 29.0 Å². The predicted octanol–water partition coefficient (Wildman–Crippen LogP) is 3.82. The van der Waals surface area contributed by atoms with E-state index >= 15 is 0 Å². The van der Waals surface area contributed by atoms with E-state index in [1.54, 1.807) is 32.0 Å². The van der Waals surface area contributed by atoms with Crippen LogP contribution < -0.4 is 4.74 Å². The molecule has 0 fully saturated rings. The van der Waals surface area contributed by atoms with Crippen molar-refractivity contribution in [2.45, 2.75) is 19.4 Å². The van der Waals surface area contributed by atoms with Crippen LogP contribution in [-0.2, 0) is 0 Å². The molecule has 1 aromatic heterocycles. The van der Waals surface area contributed by atoms with Crippen LogP contribution >= 0.6 is 23.2 Å². The van der Waals surface area contributed by atoms with Crippen molar-refractivity contribution in [1.29, 1.82) is 0 Å². The fourth-order valence-corrected chi connectivity index (χ4v) is 2.20. The van der Waals surface area contributed by atoms with E-state index in [2.05, 4.69) is 9.97 Å². The summed E-state index contributed by atoms with van der Waals surface area (Å²) in [4.78, 5) is 20.0. The lowest BCUT2D eigenvalue weighted by molar-refractivity contribution is 0.0583. The molecule has 0 saturated heterocycles. The van der Waals surface area contributed by atoms with Gasteiger partial charge in [-0.3, -0.25) is 4.79 Å². The molecular weight excluding hydrogens is 299 g/mol. The third-order valence-corrected chi connectivity index (χ3v) is 3.02. The highest BCUT2D eigenvalue weighted by Crippen LogP contribution is 2.28. The van der Waals surface area contributed by atoms with Crippen molar-refractivity contribution in [3.8, 4) is 5.75 Å². The number of carbonyl (C=O) groups is 1. The van der Waals surface area contributed by atoms with Gasteiger partial charge in [0, 0.05) is 22.4 Å². The number of rotatable bonds is 4. The molecule has 104 valence electrons. The van der Waals surface area contributed by atoms with Gasteiger partial charge in [-0.2, -0.15) is 0 Å². The molecule has 6 heteroatoms. The molecule has 0 unspecified atom stereocenters. The van der Waals surface area contributed by atoms with E-state index in [1.807, 2.05) is 0 Å². The minimum Gasteiger partial charge on any atom is -0.480 e. The molecule has 0 radical (unpaired) electrons. The number of aromatic nitrogens is 2. The van der Waals surface area contributed by atoms with Crippen LogP contribution in [0.2, 0.25) is 10.0 Å². The SMILES string of the molecule is CC(C)(Oc1cc(Cl)cc(Cl)c1)C(=O)c1cncnc1. The number of hydrogen-bond donors (Lipinski definition) is 0. The molecule has 4 nitrogen and oxygen atoms in total. The number of halogens is 2. The number of hydrogen-bond acceptors (Lipinski definition) is 4. The Balaban J connectivity index is 2.24. The van der Waals surface area contributed by atoms with Crippen LogP contribution in [0.25, 0.3) is 0 Å². The van der Waals surface area contributed by atoms with Gasteiger partial charge in [0.2, 0.25) is 5.78 Å². The molecule has 0 aliphatic carbocycles. The van der Waals surface area contributed by atoms with E-state index in [-0.39, 0.29) is 5.78 Å². The second-order valence-corrected chi connectivity index (χ2v) is 5.55. The quantitative estimate of drug-likeness (QED) is 0.805. The van der Waals surface area contributed by atoms with Crippen LogP contribution in [-0.4, -0.2) is 21.4 Å². The molecular formula is C14H12Cl2N2O2. The van der Waals surface area contributed by atoms with Gasteiger partial charge in [0.1, 0.15) is 12.1 Å². The smallest absolute Gasteiger partial charge is 0.208 e. The van der Waals surface area contributed by atoms with E-state index in [9.17, 15) is 4.79 Å². The van der Waals surface area contributed by atoms with Crippen molar-refractivity contribution in [1.82, 2.24) is 9.97 Å². The molecule has 0 aliphatic rings. The van der Waals surface area contributed by atoms with Crippen LogP contribution in [0.5, 0.6) is 5.75 Å². The summed E-state index contributed by atoms with van der Waals surface area (Å²) in [6.45, 7) is 3.33. The average Bonchev–Trinajstić information content (AvgIpc) is 2.37. The molecule has 0 spiro atoms. The lowest BCUT2D eigenvalue weighted by atomic mass is 9.98. The molecule has 0 N–H and O–H groups in total. The zero-order valence-electron chi connectivity index (χ0n) is 10.9. The van der Waals surface area contributed by atoms with Crippen LogP contribution in [0.15, 0.2) is 36.9 Å². The van der Waals surface area contributed by atoms with Crippen molar-refractivity contribution < 1.29 is 9.53 Å². The largest absolute Gasteiger partial charge is 0.480 e. The Morgan fingerprint density at radius 1 is 1.10 bits per heavy atom. The molecule has 2 rings (SSSR count). The fraction of sp³-hybridized carbons (Fsp3) is 0.214. The Kier molecular flexibility index (Phi) is 4.26. The first-order valence-corrected chi connectivity index (χ1v) is 6.59. The summed E-state index contributed by atoms with van der Waals surface area (Å²) in [6.07, 6.45) is 4.26. The first-order chi connectivity index (χ1) is 9.38. The van der Waals surface area contributed by atoms with Crippen LogP contribution in [0.1, 0.15) is 24.2 Å². The summed E-state index contributed by atoms with van der Waals surface area (Å²) >= 11 is 11.8. The van der Waals surface area contributed by atoms with Crippen molar-refractivity contribution in [2.24, 2.45) is 0 Å². The van der Waals surface area contributed by atoms with E-state index in [4.69, 9.17) is 27.9 Å². The first kappa shape index (κ1) is 14.8. The summed E-state index contributed by atoms with van der Waals surface area (Å²) in [6, 6.07) is 4.80. The summed E-state index contributed by atoms with van der Waals surface area (Å²) in [5.41, 5.74) is -0.704. The Morgan fingerprint density at radius 3 is 2.20 bits per heavy atom. The maximum absolute atomic E-state index is 12.4. The summed E-state index contributed by atoms with van der Waals surface area (Å²) in [5, 5.41) is 0.887. The van der Waals surface area contributed by atoms with Gasteiger partial charge in [0.15, 0.2) is 5.60 Å². The number of carbonyl (C=O) groups excluding carboxylic acids is 1. The minimum absolute atomic E-state index is 0.228. The Bertz CT molecular complexity index is 610. The van der Waals surface area contributed by atoms with Gasteiger partial charge in [-0.25, -0.2) is 9.97 Å². The third kappa shape index (κ3) is 3.46. The van der Waals surface area contributed by atoms with E-state index in [0.717, 1.165) is 0 Å². The Morgan fingerprint density at radius 2 is 1.65 bits per heavy atom. The monoisotopic (exact) mass is 310 g/mol. The summed E-state index contributed by atoms with van der Waals surface area (Å²) in [5.74, 6) is 0.201. The standard InChI is InChI=1S/C14H12Cl2N2O2/c1-14(2,13(19)9-6-17-8-18-7-9)20-12-4-10(15)3-11(16)5-12/h3-8H,1-2H3. The number of benzene rings is 1. The van der Waals surface area contributed by atoms with Crippen molar-refractivity contribution in [3.63, 3.8) is 0 Å². The molecule has 0 saturated carbocycles. The zero-order chi connectivity index (χ0) is 14.8. The average molecular weight is 311 g/mol. The fourth-order valence-electron chi connectivity index (χ4n) is 1.69. The lowest BCUT2D eigenvalue weighted by Gasteiger charge is -2.25. The number of ether oxygens (including phenoxy) is 1. The highest BCUT2D eigenvalue weighted by Gasteiger charge is 2.31. The molecule has 0 amide bonds. The van der Waals surface area contributed by atoms with Crippen molar-refractivity contribution in [3.05, 3.63) is 52.5 Å². The maximum Gasteiger partial charge on any atom is 0.208 e. The van der Waals surface area contributed by atoms with Gasteiger partial charge in [0.25, 0.3) is 0 Å². The van der Waals surface area contributed by atoms with Gasteiger partial charge < -0.3 is 4.74 Å². The first-order valence-electron chi connectivity index (χ1n) is 5.83. The Hall–Kier alpha value is -1.65. The lowest BCUT2D eigenvalue weighted by Crippen LogP contribution is -2.38. The van der Waals surface area contributed by atoms with Crippen LogP contribution in [0.3, 0.4) is 0 Å². The second-order valence-electron chi connectivity index (χ2n) is 4.67. The van der Waals surface area contributed by atoms with Gasteiger partial charge in [-0.15, -0.1) is 0 Å². The zero-order valence-corrected chi connectivity index (χ0v) is 12.4. The van der Waals surface area contributed by atoms with Crippen LogP contribution in [0, 0.1) is 0 Å². The Labute approximate surface area is 126 Å². The topological polar surface area (TPSA) is 52.1 Å². The third-order valence-electron chi connectivity index (χ3n) is 2.58. The number of Topliss-reactive ketones (excluding diaryl/α,β-unsaturated/α-hetero) is 1. The molecule has 0 bridgehead atoms. The molecule has 0 atom stereocenters. The molecule has 1 heterocycles. The van der Waals surface area contributed by atoms with Crippen molar-refractivity contribution in [2.75, 3.05) is 0 Å². The van der Waals surface area contributed by atoms with Gasteiger partial charge >= 0.3 is 0 Å². The van der Waals surface area contributed by atoms with Crippen LogP contribution in [0.4, 0.5) is 0 Å². The molecule has 2 aromatic rings. The molecule has 0 aliphatic heterocycles. The van der Waals surface area contributed by atoms with Gasteiger partial charge in [0.05, 0.1) is 5.56 Å². The number of nitrogens with zero attached hydrogens (tertiary/aromatic N) is 2. The predicted molar refractivity (Wildman–Crippen MR) is 77.5 cm³/mol. The highest BCUT2D eigenvalue weighted by atomic mass is 35.5. The highest BCUT2D eigenvalue weighted by molar-refractivity contribution is 6.34. The van der Waals surface area contributed by atoms with E-state index in [1.165, 1.54) is 18.7 Å². The normalized spacial score (nSPS) is 11.2. The summed E-state index contributed by atoms with van der Waals surface area (Å²) < 4.78 is 5.71. The maximum atomic E-state index is 12.4. The number of ketones is 1.